The first-order valence-corrected chi connectivity index (χ1v) is 7.76. The molecule has 1 amide bonds. The van der Waals surface area contributed by atoms with Crippen LogP contribution in [0.2, 0.25) is 0 Å². The molecule has 0 spiro atoms. The molecule has 1 unspecified atom stereocenters. The van der Waals surface area contributed by atoms with Crippen molar-refractivity contribution in [1.29, 1.82) is 0 Å². The van der Waals surface area contributed by atoms with Gasteiger partial charge in [0.25, 0.3) is 5.91 Å². The molecule has 0 bridgehead atoms. The molecular formula is C16H20N6O2. The molecule has 0 radical (unpaired) electrons. The van der Waals surface area contributed by atoms with Gasteiger partial charge in [0.15, 0.2) is 0 Å². The molecule has 0 aliphatic carbocycles. The van der Waals surface area contributed by atoms with Crippen LogP contribution in [-0.2, 0) is 0 Å². The van der Waals surface area contributed by atoms with Crippen LogP contribution >= 0.6 is 0 Å². The van der Waals surface area contributed by atoms with E-state index >= 15 is 0 Å². The number of carbonyl (C=O) groups excluding carboxylic acids is 1. The van der Waals surface area contributed by atoms with Gasteiger partial charge >= 0.3 is 0 Å². The molecule has 0 aromatic carbocycles. The van der Waals surface area contributed by atoms with Crippen LogP contribution in [0.15, 0.2) is 30.7 Å². The second kappa shape index (κ2) is 6.48. The lowest BCUT2D eigenvalue weighted by molar-refractivity contribution is 0.0261. The lowest BCUT2D eigenvalue weighted by Gasteiger charge is -2.28. The first-order chi connectivity index (χ1) is 11.5. The molecule has 1 fully saturated rings. The number of carbonyl (C=O) groups is 1. The number of hydrogen-bond acceptors (Lipinski definition) is 7. The summed E-state index contributed by atoms with van der Waals surface area (Å²) in [6.07, 6.45) is 5.45. The zero-order valence-corrected chi connectivity index (χ0v) is 13.8. The topological polar surface area (TPSA) is 95.3 Å². The summed E-state index contributed by atoms with van der Waals surface area (Å²) in [5.41, 5.74) is -0.666. The number of amides is 1. The van der Waals surface area contributed by atoms with E-state index in [4.69, 9.17) is 0 Å². The van der Waals surface area contributed by atoms with Crippen molar-refractivity contribution in [1.82, 2.24) is 24.8 Å². The Morgan fingerprint density at radius 3 is 2.79 bits per heavy atom. The molecule has 3 rings (SSSR count). The summed E-state index contributed by atoms with van der Waals surface area (Å²) < 4.78 is 0. The monoisotopic (exact) mass is 328 g/mol. The van der Waals surface area contributed by atoms with Gasteiger partial charge in [0.05, 0.1) is 13.1 Å². The van der Waals surface area contributed by atoms with Gasteiger partial charge in [-0.3, -0.25) is 4.79 Å². The predicted molar refractivity (Wildman–Crippen MR) is 87.5 cm³/mol. The van der Waals surface area contributed by atoms with Crippen molar-refractivity contribution in [3.05, 3.63) is 42.2 Å². The van der Waals surface area contributed by atoms with Gasteiger partial charge in [-0.1, -0.05) is 0 Å². The molecule has 1 saturated heterocycles. The molecule has 8 nitrogen and oxygen atoms in total. The van der Waals surface area contributed by atoms with E-state index < -0.39 is 5.60 Å². The number of nitrogens with zero attached hydrogens (tertiary/aromatic N) is 6. The second-order valence-corrected chi connectivity index (χ2v) is 6.09. The largest absolute Gasteiger partial charge is 0.386 e. The quantitative estimate of drug-likeness (QED) is 0.861. The number of β-amino-alcohol motifs (C(OH)–C–C–N with tert-alkyl or cyclic N) is 1. The van der Waals surface area contributed by atoms with Crippen molar-refractivity contribution in [2.45, 2.75) is 18.9 Å². The predicted octanol–water partition coefficient (Wildman–Crippen LogP) is 0.288. The van der Waals surface area contributed by atoms with E-state index in [0.29, 0.717) is 37.0 Å². The highest BCUT2D eigenvalue weighted by atomic mass is 16.3. The van der Waals surface area contributed by atoms with Crippen LogP contribution in [0.4, 0.5) is 5.95 Å². The minimum Gasteiger partial charge on any atom is -0.386 e. The number of likely N-dealkylation sites (N-methyl/N-ethyl adjacent to an activating group) is 1. The van der Waals surface area contributed by atoms with Crippen LogP contribution in [0.5, 0.6) is 0 Å². The van der Waals surface area contributed by atoms with E-state index in [-0.39, 0.29) is 12.5 Å². The first kappa shape index (κ1) is 16.3. The Bertz CT molecular complexity index is 726. The third-order valence-corrected chi connectivity index (χ3v) is 4.04. The maximum absolute atomic E-state index is 12.5. The van der Waals surface area contributed by atoms with Crippen molar-refractivity contribution >= 4 is 11.9 Å². The summed E-state index contributed by atoms with van der Waals surface area (Å²) in [6, 6.07) is 3.33. The molecule has 1 aliphatic rings. The van der Waals surface area contributed by atoms with Crippen LogP contribution in [-0.4, -0.2) is 68.1 Å². The first-order valence-electron chi connectivity index (χ1n) is 7.76. The average molecular weight is 328 g/mol. The van der Waals surface area contributed by atoms with Crippen molar-refractivity contribution in [3.63, 3.8) is 0 Å². The molecule has 0 saturated carbocycles. The Labute approximate surface area is 140 Å². The standard InChI is InChI=1S/C16H20N6O2/c1-12-17-8-4-13(20-12)14(23)21(2)10-16(24)5-9-22(11-16)15-18-6-3-7-19-15/h3-4,6-8,24H,5,9-11H2,1-2H3. The summed E-state index contributed by atoms with van der Waals surface area (Å²) in [4.78, 5) is 32.4. The molecule has 1 N–H and O–H groups in total. The van der Waals surface area contributed by atoms with Gasteiger partial charge in [-0.05, 0) is 25.5 Å². The third kappa shape index (κ3) is 3.48. The normalized spacial score (nSPS) is 20.2. The van der Waals surface area contributed by atoms with Gasteiger partial charge in [-0.15, -0.1) is 0 Å². The Kier molecular flexibility index (Phi) is 4.39. The Morgan fingerprint density at radius 1 is 1.33 bits per heavy atom. The van der Waals surface area contributed by atoms with Crippen LogP contribution in [0.1, 0.15) is 22.7 Å². The van der Waals surface area contributed by atoms with Crippen molar-refractivity contribution in [2.24, 2.45) is 0 Å². The number of anilines is 1. The van der Waals surface area contributed by atoms with Crippen LogP contribution in [0.25, 0.3) is 0 Å². The van der Waals surface area contributed by atoms with Gasteiger partial charge in [0, 0.05) is 32.2 Å². The van der Waals surface area contributed by atoms with Crippen LogP contribution in [0, 0.1) is 6.92 Å². The van der Waals surface area contributed by atoms with Crippen LogP contribution in [0.3, 0.4) is 0 Å². The zero-order valence-electron chi connectivity index (χ0n) is 13.8. The average Bonchev–Trinajstić information content (AvgIpc) is 2.97. The van der Waals surface area contributed by atoms with Crippen molar-refractivity contribution < 1.29 is 9.90 Å². The van der Waals surface area contributed by atoms with E-state index in [1.807, 2.05) is 4.90 Å². The fraction of sp³-hybridized carbons (Fsp3) is 0.438. The maximum Gasteiger partial charge on any atom is 0.272 e. The number of hydrogen-bond donors (Lipinski definition) is 1. The summed E-state index contributed by atoms with van der Waals surface area (Å²) in [5.74, 6) is 0.901. The lowest BCUT2D eigenvalue weighted by atomic mass is 10.0. The molecule has 1 aliphatic heterocycles. The molecular weight excluding hydrogens is 308 g/mol. The maximum atomic E-state index is 12.5. The second-order valence-electron chi connectivity index (χ2n) is 6.09. The number of aromatic nitrogens is 4. The van der Waals surface area contributed by atoms with E-state index in [1.165, 1.54) is 4.90 Å². The Morgan fingerprint density at radius 2 is 2.08 bits per heavy atom. The smallest absolute Gasteiger partial charge is 0.272 e. The third-order valence-electron chi connectivity index (χ3n) is 4.04. The molecule has 8 heteroatoms. The van der Waals surface area contributed by atoms with E-state index in [1.54, 1.807) is 44.7 Å². The fourth-order valence-electron chi connectivity index (χ4n) is 2.89. The van der Waals surface area contributed by atoms with Gasteiger partial charge in [0.1, 0.15) is 17.1 Å². The summed E-state index contributed by atoms with van der Waals surface area (Å²) in [7, 11) is 1.67. The minimum absolute atomic E-state index is 0.220. The molecule has 1 atom stereocenters. The highest BCUT2D eigenvalue weighted by Gasteiger charge is 2.39. The minimum atomic E-state index is -0.994. The zero-order chi connectivity index (χ0) is 17.2. The van der Waals surface area contributed by atoms with Crippen molar-refractivity contribution in [2.75, 3.05) is 31.6 Å². The van der Waals surface area contributed by atoms with E-state index in [2.05, 4.69) is 19.9 Å². The number of aliphatic hydroxyl groups is 1. The SMILES string of the molecule is Cc1nccc(C(=O)N(C)CC2(O)CCN(c3ncccn3)C2)n1. The summed E-state index contributed by atoms with van der Waals surface area (Å²) in [5, 5.41) is 10.8. The lowest BCUT2D eigenvalue weighted by Crippen LogP contribution is -2.46. The van der Waals surface area contributed by atoms with Gasteiger partial charge < -0.3 is 14.9 Å². The molecule has 126 valence electrons. The highest BCUT2D eigenvalue weighted by Crippen LogP contribution is 2.25. The highest BCUT2D eigenvalue weighted by molar-refractivity contribution is 5.92. The van der Waals surface area contributed by atoms with Gasteiger partial charge in [0.2, 0.25) is 5.95 Å². The summed E-state index contributed by atoms with van der Waals surface area (Å²) in [6.45, 7) is 2.99. The molecule has 24 heavy (non-hydrogen) atoms. The molecule has 3 heterocycles. The Balaban J connectivity index is 1.66. The summed E-state index contributed by atoms with van der Waals surface area (Å²) >= 11 is 0. The van der Waals surface area contributed by atoms with E-state index in [0.717, 1.165) is 0 Å². The molecule has 2 aromatic rings. The van der Waals surface area contributed by atoms with Gasteiger partial charge in [-0.2, -0.15) is 0 Å². The van der Waals surface area contributed by atoms with Gasteiger partial charge in [-0.25, -0.2) is 19.9 Å². The van der Waals surface area contributed by atoms with Crippen molar-refractivity contribution in [3.8, 4) is 0 Å². The fourth-order valence-corrected chi connectivity index (χ4v) is 2.89. The molecule has 2 aromatic heterocycles. The Hall–Kier alpha value is -2.61. The van der Waals surface area contributed by atoms with E-state index in [9.17, 15) is 9.90 Å². The van der Waals surface area contributed by atoms with Crippen LogP contribution < -0.4 is 4.90 Å². The number of rotatable bonds is 4. The number of aryl methyl sites for hydroxylation is 1.